The quantitative estimate of drug-likeness (QED) is 0.567. The van der Waals surface area contributed by atoms with Gasteiger partial charge in [-0.05, 0) is 24.3 Å². The molecule has 4 N–H and O–H groups in total. The standard InChI is InChI=1S/C12H14O6S.Ca.2H/c13-8-5-18-12(10(15)9(8)14)19-7-3-1-6(2-4-7)11(16)17;;;/h1-4,8-10,12-15H,5H2,(H,16,17);;;/q;+2;2*-1/t8-,9+,10-,12+;;;/m1.../s1. The normalized spacial score (nSPS) is 29.6. The van der Waals surface area contributed by atoms with Gasteiger partial charge in [0.2, 0.25) is 0 Å². The van der Waals surface area contributed by atoms with Crippen molar-refractivity contribution in [1.82, 2.24) is 0 Å². The van der Waals surface area contributed by atoms with Crippen LogP contribution < -0.4 is 0 Å². The van der Waals surface area contributed by atoms with Crippen LogP contribution >= 0.6 is 11.8 Å². The van der Waals surface area contributed by atoms with Gasteiger partial charge in [-0.1, -0.05) is 11.8 Å². The third kappa shape index (κ3) is 4.32. The van der Waals surface area contributed by atoms with E-state index in [9.17, 15) is 20.1 Å². The number of aromatic carboxylic acids is 1. The summed E-state index contributed by atoms with van der Waals surface area (Å²) >= 11 is 1.16. The van der Waals surface area contributed by atoms with Crippen LogP contribution in [-0.4, -0.2) is 94.5 Å². The number of aliphatic hydroxyl groups excluding tert-OH is 3. The molecule has 108 valence electrons. The number of aliphatic hydroxyl groups is 3. The average molecular weight is 328 g/mol. The molecule has 1 heterocycles. The van der Waals surface area contributed by atoms with E-state index in [0.29, 0.717) is 4.90 Å². The van der Waals surface area contributed by atoms with Gasteiger partial charge in [-0.25, -0.2) is 4.79 Å². The zero-order valence-corrected chi connectivity index (χ0v) is 13.6. The van der Waals surface area contributed by atoms with Gasteiger partial charge in [0.25, 0.3) is 0 Å². The molecule has 0 amide bonds. The van der Waals surface area contributed by atoms with Gasteiger partial charge in [0, 0.05) is 4.90 Å². The molecule has 1 saturated heterocycles. The summed E-state index contributed by atoms with van der Waals surface area (Å²) in [4.78, 5) is 11.4. The van der Waals surface area contributed by atoms with E-state index in [1.54, 1.807) is 12.1 Å². The summed E-state index contributed by atoms with van der Waals surface area (Å²) < 4.78 is 5.24. The van der Waals surface area contributed by atoms with Gasteiger partial charge in [-0.15, -0.1) is 0 Å². The molecule has 4 atom stereocenters. The molecule has 1 aliphatic heterocycles. The van der Waals surface area contributed by atoms with Crippen molar-refractivity contribution in [1.29, 1.82) is 0 Å². The maximum Gasteiger partial charge on any atom is 2.00 e. The number of carbonyl (C=O) groups is 1. The minimum absolute atomic E-state index is 0. The van der Waals surface area contributed by atoms with E-state index >= 15 is 0 Å². The van der Waals surface area contributed by atoms with Gasteiger partial charge in [-0.2, -0.15) is 0 Å². The number of thioether (sulfide) groups is 1. The fraction of sp³-hybridized carbons (Fsp3) is 0.417. The molecule has 6 nitrogen and oxygen atoms in total. The molecule has 0 aromatic heterocycles. The maximum absolute atomic E-state index is 10.7. The van der Waals surface area contributed by atoms with Crippen LogP contribution in [0.5, 0.6) is 0 Å². The van der Waals surface area contributed by atoms with Gasteiger partial charge in [0.1, 0.15) is 23.7 Å². The first-order valence-corrected chi connectivity index (χ1v) is 6.53. The first-order valence-electron chi connectivity index (χ1n) is 5.65. The molecule has 0 radical (unpaired) electrons. The Bertz CT molecular complexity index is 463. The molecule has 0 unspecified atom stereocenters. The third-order valence-corrected chi connectivity index (χ3v) is 4.00. The van der Waals surface area contributed by atoms with E-state index in [2.05, 4.69) is 0 Å². The Hall–Kier alpha value is 0.140. The molecule has 1 aromatic carbocycles. The van der Waals surface area contributed by atoms with Crippen molar-refractivity contribution < 1.29 is 32.8 Å². The predicted molar refractivity (Wildman–Crippen MR) is 75.0 cm³/mol. The molecule has 0 spiro atoms. The Labute approximate surface area is 152 Å². The van der Waals surface area contributed by atoms with Crippen molar-refractivity contribution in [3.63, 3.8) is 0 Å². The summed E-state index contributed by atoms with van der Waals surface area (Å²) in [6.07, 6.45) is -3.54. The minimum atomic E-state index is -1.25. The minimum Gasteiger partial charge on any atom is -1.00 e. The van der Waals surface area contributed by atoms with E-state index in [1.165, 1.54) is 12.1 Å². The molecule has 8 heteroatoms. The number of benzene rings is 1. The van der Waals surface area contributed by atoms with E-state index in [0.717, 1.165) is 11.8 Å². The van der Waals surface area contributed by atoms with Crippen molar-refractivity contribution in [2.45, 2.75) is 28.6 Å². The molecule has 20 heavy (non-hydrogen) atoms. The van der Waals surface area contributed by atoms with Crippen LogP contribution in [0.25, 0.3) is 0 Å². The first-order chi connectivity index (χ1) is 8.99. The molecule has 1 aromatic rings. The van der Waals surface area contributed by atoms with Crippen molar-refractivity contribution in [2.75, 3.05) is 6.61 Å². The summed E-state index contributed by atoms with van der Waals surface area (Å²) in [6.45, 7) is -0.0525. The van der Waals surface area contributed by atoms with E-state index < -0.39 is 29.7 Å². The monoisotopic (exact) mass is 328 g/mol. The fourth-order valence-corrected chi connectivity index (χ4v) is 2.70. The summed E-state index contributed by atoms with van der Waals surface area (Å²) in [5.74, 6) is -1.01. The van der Waals surface area contributed by atoms with Crippen LogP contribution in [-0.2, 0) is 4.74 Å². The van der Waals surface area contributed by atoms with Gasteiger partial charge in [0.15, 0.2) is 0 Å². The van der Waals surface area contributed by atoms with Crippen molar-refractivity contribution >= 4 is 55.5 Å². The first kappa shape index (κ1) is 18.2. The van der Waals surface area contributed by atoms with Crippen LogP contribution in [0.2, 0.25) is 0 Å². The van der Waals surface area contributed by atoms with Gasteiger partial charge >= 0.3 is 43.7 Å². The average Bonchev–Trinajstić information content (AvgIpc) is 2.40. The Morgan fingerprint density at radius 2 is 1.80 bits per heavy atom. The Balaban J connectivity index is 0. The van der Waals surface area contributed by atoms with Gasteiger partial charge in [-0.3, -0.25) is 0 Å². The van der Waals surface area contributed by atoms with Crippen LogP contribution in [0.3, 0.4) is 0 Å². The molecule has 1 fully saturated rings. The number of hydrogen-bond acceptors (Lipinski definition) is 6. The predicted octanol–water partition coefficient (Wildman–Crippen LogP) is -0.240. The number of ether oxygens (including phenoxy) is 1. The van der Waals surface area contributed by atoms with E-state index in [4.69, 9.17) is 9.84 Å². The fourth-order valence-electron chi connectivity index (χ4n) is 1.69. The van der Waals surface area contributed by atoms with Crippen LogP contribution in [0.15, 0.2) is 29.2 Å². The number of carboxylic acids is 1. The zero-order chi connectivity index (χ0) is 14.0. The smallest absolute Gasteiger partial charge is 1.00 e. The van der Waals surface area contributed by atoms with E-state index in [-0.39, 0.29) is 52.8 Å². The Kier molecular flexibility index (Phi) is 7.23. The molecular formula is C12H16CaO6S. The summed E-state index contributed by atoms with van der Waals surface area (Å²) in [5, 5.41) is 37.4. The molecule has 0 saturated carbocycles. The van der Waals surface area contributed by atoms with Gasteiger partial charge < -0.3 is 28.0 Å². The zero-order valence-electron chi connectivity index (χ0n) is 12.5. The van der Waals surface area contributed by atoms with Crippen LogP contribution in [0.1, 0.15) is 13.2 Å². The second kappa shape index (κ2) is 7.95. The Morgan fingerprint density at radius 1 is 1.20 bits per heavy atom. The number of hydrogen-bond donors (Lipinski definition) is 4. The summed E-state index contributed by atoms with van der Waals surface area (Å²) in [6, 6.07) is 6.10. The Morgan fingerprint density at radius 3 is 2.35 bits per heavy atom. The van der Waals surface area contributed by atoms with Crippen molar-refractivity contribution in [3.8, 4) is 0 Å². The van der Waals surface area contributed by atoms with E-state index in [1.807, 2.05) is 0 Å². The summed E-state index contributed by atoms with van der Waals surface area (Å²) in [5.41, 5.74) is -0.529. The number of rotatable bonds is 3. The second-order valence-electron chi connectivity index (χ2n) is 4.20. The number of carboxylic acid groups (broad SMARTS) is 1. The third-order valence-electron chi connectivity index (χ3n) is 2.81. The molecule has 2 rings (SSSR count). The molecule has 0 bridgehead atoms. The molecule has 1 aliphatic rings. The van der Waals surface area contributed by atoms with Crippen LogP contribution in [0, 0.1) is 0 Å². The molecular weight excluding hydrogens is 312 g/mol. The van der Waals surface area contributed by atoms with Gasteiger partial charge in [0.05, 0.1) is 12.2 Å². The molecule has 0 aliphatic carbocycles. The largest absolute Gasteiger partial charge is 2.00 e. The van der Waals surface area contributed by atoms with Crippen LogP contribution in [0.4, 0.5) is 0 Å². The maximum atomic E-state index is 10.7. The van der Waals surface area contributed by atoms with Crippen molar-refractivity contribution in [3.05, 3.63) is 29.8 Å². The SMILES string of the molecule is O=C(O)c1ccc(S[C@@H]2OC[C@@H](O)[C@H](O)[C@H]2O)cc1.[Ca+2].[H-].[H-]. The topological polar surface area (TPSA) is 107 Å². The summed E-state index contributed by atoms with van der Waals surface area (Å²) in [7, 11) is 0. The second-order valence-corrected chi connectivity index (χ2v) is 5.37. The van der Waals surface area contributed by atoms with Crippen molar-refractivity contribution in [2.24, 2.45) is 0 Å².